The van der Waals surface area contributed by atoms with Crippen LogP contribution in [-0.4, -0.2) is 18.4 Å². The topological polar surface area (TPSA) is 43.4 Å². The number of carbonyl (C=O) groups is 2. The van der Waals surface area contributed by atoms with Crippen molar-refractivity contribution in [3.05, 3.63) is 41.5 Å². The maximum atomic E-state index is 12.8. The molecule has 0 saturated carbocycles. The van der Waals surface area contributed by atoms with Gasteiger partial charge in [-0.05, 0) is 24.1 Å². The second-order valence-electron chi connectivity index (χ2n) is 4.64. The lowest BCUT2D eigenvalue weighted by Crippen LogP contribution is -2.10. The molecule has 6 heteroatoms. The lowest BCUT2D eigenvalue weighted by molar-refractivity contribution is -0.145. The molecule has 1 aromatic carbocycles. The molecule has 0 bridgehead atoms. The minimum atomic E-state index is -4.50. The van der Waals surface area contributed by atoms with Crippen LogP contribution in [0.2, 0.25) is 0 Å². The van der Waals surface area contributed by atoms with Gasteiger partial charge in [-0.15, -0.1) is 0 Å². The van der Waals surface area contributed by atoms with Gasteiger partial charge in [0.25, 0.3) is 0 Å². The number of benzene rings is 1. The van der Waals surface area contributed by atoms with E-state index in [1.165, 1.54) is 18.2 Å². The fourth-order valence-corrected chi connectivity index (χ4v) is 1.67. The van der Waals surface area contributed by atoms with Crippen molar-refractivity contribution in [3.63, 3.8) is 0 Å². The summed E-state index contributed by atoms with van der Waals surface area (Å²) in [4.78, 5) is 22.9. The lowest BCUT2D eigenvalue weighted by Gasteiger charge is -2.09. The van der Waals surface area contributed by atoms with Crippen LogP contribution in [0.1, 0.15) is 37.3 Å². The summed E-state index contributed by atoms with van der Waals surface area (Å²) < 4.78 is 43.1. The van der Waals surface area contributed by atoms with Crippen LogP contribution in [0.15, 0.2) is 30.3 Å². The lowest BCUT2D eigenvalue weighted by atomic mass is 10.1. The maximum Gasteiger partial charge on any atom is 0.416 e. The molecule has 22 heavy (non-hydrogen) atoms. The average Bonchev–Trinajstić information content (AvgIpc) is 2.44. The van der Waals surface area contributed by atoms with Crippen molar-refractivity contribution < 1.29 is 27.5 Å². The standard InChI is InChI=1S/C16H17F3O3/c1-2-3-10-22-15(21)11-13(20)9-8-12-6-4-5-7-14(12)16(17,18)19/h4-9H,2-3,10-11H2,1H3. The fraction of sp³-hybridized carbons (Fsp3) is 0.375. The van der Waals surface area contributed by atoms with Gasteiger partial charge in [0.2, 0.25) is 0 Å². The first-order chi connectivity index (χ1) is 10.3. The van der Waals surface area contributed by atoms with Gasteiger partial charge >= 0.3 is 12.1 Å². The summed E-state index contributed by atoms with van der Waals surface area (Å²) >= 11 is 0. The summed E-state index contributed by atoms with van der Waals surface area (Å²) in [5, 5.41) is 0. The summed E-state index contributed by atoms with van der Waals surface area (Å²) in [6, 6.07) is 4.90. The zero-order valence-corrected chi connectivity index (χ0v) is 12.2. The SMILES string of the molecule is CCCCOC(=O)CC(=O)C=Cc1ccccc1C(F)(F)F. The van der Waals surface area contributed by atoms with E-state index in [-0.39, 0.29) is 12.2 Å². The summed E-state index contributed by atoms with van der Waals surface area (Å²) in [5.74, 6) is -1.27. The quantitative estimate of drug-likeness (QED) is 0.330. The molecule has 0 N–H and O–H groups in total. The van der Waals surface area contributed by atoms with Gasteiger partial charge in [0.15, 0.2) is 5.78 Å². The van der Waals surface area contributed by atoms with Crippen LogP contribution in [-0.2, 0) is 20.5 Å². The molecule has 0 saturated heterocycles. The van der Waals surface area contributed by atoms with E-state index >= 15 is 0 Å². The molecule has 0 aliphatic heterocycles. The monoisotopic (exact) mass is 314 g/mol. The van der Waals surface area contributed by atoms with Crippen molar-refractivity contribution in [3.8, 4) is 0 Å². The van der Waals surface area contributed by atoms with E-state index in [4.69, 9.17) is 4.74 Å². The first-order valence-electron chi connectivity index (χ1n) is 6.87. The molecule has 0 amide bonds. The summed E-state index contributed by atoms with van der Waals surface area (Å²) in [5.41, 5.74) is -0.952. The molecule has 0 atom stereocenters. The zero-order chi connectivity index (χ0) is 16.6. The average molecular weight is 314 g/mol. The summed E-state index contributed by atoms with van der Waals surface area (Å²) in [7, 11) is 0. The number of alkyl halides is 3. The highest BCUT2D eigenvalue weighted by Gasteiger charge is 2.32. The first-order valence-corrected chi connectivity index (χ1v) is 6.87. The molecule has 0 heterocycles. The molecule has 0 aromatic heterocycles. The van der Waals surface area contributed by atoms with Crippen LogP contribution in [0.5, 0.6) is 0 Å². The van der Waals surface area contributed by atoms with E-state index in [0.717, 1.165) is 24.6 Å². The van der Waals surface area contributed by atoms with Gasteiger partial charge in [-0.2, -0.15) is 13.2 Å². The molecule has 1 rings (SSSR count). The molecule has 0 radical (unpaired) electrons. The third kappa shape index (κ3) is 6.11. The largest absolute Gasteiger partial charge is 0.465 e. The van der Waals surface area contributed by atoms with Crippen LogP contribution in [0, 0.1) is 0 Å². The number of unbranched alkanes of at least 4 members (excludes halogenated alkanes) is 1. The van der Waals surface area contributed by atoms with E-state index in [2.05, 4.69) is 0 Å². The second kappa shape index (κ2) is 8.36. The molecule has 1 aromatic rings. The molecule has 3 nitrogen and oxygen atoms in total. The smallest absolute Gasteiger partial charge is 0.416 e. The molecule has 0 spiro atoms. The van der Waals surface area contributed by atoms with E-state index in [0.29, 0.717) is 6.42 Å². The Morgan fingerprint density at radius 3 is 2.55 bits per heavy atom. The van der Waals surface area contributed by atoms with Crippen LogP contribution in [0.25, 0.3) is 6.08 Å². The van der Waals surface area contributed by atoms with Gasteiger partial charge in [0.05, 0.1) is 12.2 Å². The van der Waals surface area contributed by atoms with Crippen molar-refractivity contribution >= 4 is 17.8 Å². The van der Waals surface area contributed by atoms with Crippen molar-refractivity contribution in [1.29, 1.82) is 0 Å². The normalized spacial score (nSPS) is 11.6. The Hall–Kier alpha value is -2.11. The Labute approximate surface area is 126 Å². The van der Waals surface area contributed by atoms with Crippen LogP contribution in [0.3, 0.4) is 0 Å². The Morgan fingerprint density at radius 1 is 1.23 bits per heavy atom. The van der Waals surface area contributed by atoms with Crippen LogP contribution < -0.4 is 0 Å². The van der Waals surface area contributed by atoms with E-state index < -0.39 is 29.9 Å². The maximum absolute atomic E-state index is 12.8. The number of hydrogen-bond acceptors (Lipinski definition) is 3. The number of esters is 1. The number of allylic oxidation sites excluding steroid dienone is 1. The molecule has 0 aliphatic rings. The molecule has 0 aliphatic carbocycles. The minimum absolute atomic E-state index is 0.122. The number of ether oxygens (including phenoxy) is 1. The number of carbonyl (C=O) groups excluding carboxylic acids is 2. The third-order valence-electron chi connectivity index (χ3n) is 2.79. The highest BCUT2D eigenvalue weighted by molar-refractivity contribution is 6.04. The van der Waals surface area contributed by atoms with E-state index in [1.807, 2.05) is 6.92 Å². The Morgan fingerprint density at radius 2 is 1.91 bits per heavy atom. The summed E-state index contributed by atoms with van der Waals surface area (Å²) in [6.45, 7) is 2.17. The van der Waals surface area contributed by atoms with Gasteiger partial charge in [-0.1, -0.05) is 37.6 Å². The van der Waals surface area contributed by atoms with Crippen LogP contribution >= 0.6 is 0 Å². The van der Waals surface area contributed by atoms with Gasteiger partial charge in [-0.25, -0.2) is 0 Å². The molecular formula is C16H17F3O3. The Bertz CT molecular complexity index is 548. The molecule has 0 unspecified atom stereocenters. The summed E-state index contributed by atoms with van der Waals surface area (Å²) in [6.07, 6.45) is -1.39. The van der Waals surface area contributed by atoms with Gasteiger partial charge in [-0.3, -0.25) is 9.59 Å². The highest BCUT2D eigenvalue weighted by atomic mass is 19.4. The predicted octanol–water partition coefficient (Wildman–Crippen LogP) is 4.02. The number of ketones is 1. The number of halogens is 3. The zero-order valence-electron chi connectivity index (χ0n) is 12.2. The molecular weight excluding hydrogens is 297 g/mol. The number of hydrogen-bond donors (Lipinski definition) is 0. The van der Waals surface area contributed by atoms with E-state index in [1.54, 1.807) is 0 Å². The van der Waals surface area contributed by atoms with Gasteiger partial charge in [0.1, 0.15) is 6.42 Å². The second-order valence-corrected chi connectivity index (χ2v) is 4.64. The van der Waals surface area contributed by atoms with E-state index in [9.17, 15) is 22.8 Å². The predicted molar refractivity (Wildman–Crippen MR) is 76.0 cm³/mol. The third-order valence-corrected chi connectivity index (χ3v) is 2.79. The van der Waals surface area contributed by atoms with Crippen molar-refractivity contribution in [2.45, 2.75) is 32.4 Å². The van der Waals surface area contributed by atoms with Crippen molar-refractivity contribution in [1.82, 2.24) is 0 Å². The minimum Gasteiger partial charge on any atom is -0.465 e. The first kappa shape index (κ1) is 17.9. The Kier molecular flexibility index (Phi) is 6.82. The van der Waals surface area contributed by atoms with Crippen molar-refractivity contribution in [2.24, 2.45) is 0 Å². The Balaban J connectivity index is 2.65. The van der Waals surface area contributed by atoms with Gasteiger partial charge in [0, 0.05) is 0 Å². The highest BCUT2D eigenvalue weighted by Crippen LogP contribution is 2.32. The molecule has 0 fully saturated rings. The molecule has 120 valence electrons. The van der Waals surface area contributed by atoms with Crippen molar-refractivity contribution in [2.75, 3.05) is 6.61 Å². The van der Waals surface area contributed by atoms with Gasteiger partial charge < -0.3 is 4.74 Å². The van der Waals surface area contributed by atoms with Crippen LogP contribution in [0.4, 0.5) is 13.2 Å². The number of rotatable bonds is 7. The fourth-order valence-electron chi connectivity index (χ4n) is 1.67.